The highest BCUT2D eigenvalue weighted by molar-refractivity contribution is 5.68. The number of nitrogens with zero attached hydrogens (tertiary/aromatic N) is 2. The second-order valence-electron chi connectivity index (χ2n) is 8.23. The van der Waals surface area contributed by atoms with E-state index in [1.54, 1.807) is 0 Å². The molecule has 1 aliphatic heterocycles. The average Bonchev–Trinajstić information content (AvgIpc) is 2.46. The zero-order valence-corrected chi connectivity index (χ0v) is 16.6. The summed E-state index contributed by atoms with van der Waals surface area (Å²) in [4.78, 5) is 19.0. The van der Waals surface area contributed by atoms with Crippen molar-refractivity contribution in [3.8, 4) is 0 Å². The van der Waals surface area contributed by atoms with Gasteiger partial charge in [0.2, 0.25) is 0 Å². The normalized spacial score (nSPS) is 21.1. The lowest BCUT2D eigenvalue weighted by molar-refractivity contribution is 0.0495. The number of rotatable bonds is 4. The van der Waals surface area contributed by atoms with E-state index in [4.69, 9.17) is 4.74 Å². The van der Waals surface area contributed by atoms with E-state index < -0.39 is 5.60 Å². The lowest BCUT2D eigenvalue weighted by atomic mass is 9.94. The fourth-order valence-corrected chi connectivity index (χ4v) is 3.57. The molecule has 1 saturated heterocycles. The smallest absolute Gasteiger partial charge is 0.407 e. The van der Waals surface area contributed by atoms with Crippen molar-refractivity contribution < 1.29 is 9.53 Å². The zero-order valence-electron chi connectivity index (χ0n) is 16.6. The van der Waals surface area contributed by atoms with Crippen LogP contribution in [0.3, 0.4) is 0 Å². The Morgan fingerprint density at radius 1 is 1.40 bits per heavy atom. The van der Waals surface area contributed by atoms with Gasteiger partial charge in [-0.3, -0.25) is 4.98 Å². The Balaban J connectivity index is 2.13. The van der Waals surface area contributed by atoms with Crippen molar-refractivity contribution in [2.45, 2.75) is 72.4 Å². The van der Waals surface area contributed by atoms with Crippen LogP contribution in [0.15, 0.2) is 12.3 Å². The highest BCUT2D eigenvalue weighted by Crippen LogP contribution is 2.28. The summed E-state index contributed by atoms with van der Waals surface area (Å²) in [5, 5.41) is 3.05. The molecule has 5 nitrogen and oxygen atoms in total. The van der Waals surface area contributed by atoms with Crippen LogP contribution in [0, 0.1) is 12.8 Å². The van der Waals surface area contributed by atoms with Crippen molar-refractivity contribution in [2.24, 2.45) is 5.92 Å². The summed E-state index contributed by atoms with van der Waals surface area (Å²) in [6, 6.07) is 2.21. The molecule has 2 heterocycles. The number of anilines is 1. The average molecular weight is 348 g/mol. The highest BCUT2D eigenvalue weighted by Gasteiger charge is 2.29. The first-order chi connectivity index (χ1) is 11.7. The predicted octanol–water partition coefficient (Wildman–Crippen LogP) is 4.08. The molecule has 0 radical (unpaired) electrons. The van der Waals surface area contributed by atoms with Crippen molar-refractivity contribution in [2.75, 3.05) is 18.0 Å². The molecule has 0 saturated carbocycles. The fourth-order valence-electron chi connectivity index (χ4n) is 3.57. The van der Waals surface area contributed by atoms with Gasteiger partial charge in [-0.2, -0.15) is 0 Å². The van der Waals surface area contributed by atoms with Crippen molar-refractivity contribution in [1.82, 2.24) is 10.3 Å². The molecule has 1 aromatic rings. The number of aryl methyl sites for hydroxylation is 1. The van der Waals surface area contributed by atoms with Gasteiger partial charge in [-0.15, -0.1) is 0 Å². The second-order valence-corrected chi connectivity index (χ2v) is 8.23. The van der Waals surface area contributed by atoms with Crippen LogP contribution < -0.4 is 10.2 Å². The number of alkyl carbamates (subject to hydrolysis) is 1. The Labute approximate surface area is 152 Å². The van der Waals surface area contributed by atoms with Gasteiger partial charge in [0.1, 0.15) is 5.60 Å². The summed E-state index contributed by atoms with van der Waals surface area (Å²) in [7, 11) is 0. The summed E-state index contributed by atoms with van der Waals surface area (Å²) < 4.78 is 5.42. The van der Waals surface area contributed by atoms with Gasteiger partial charge in [0, 0.05) is 36.7 Å². The van der Waals surface area contributed by atoms with E-state index in [0.717, 1.165) is 38.0 Å². The molecule has 1 aliphatic rings. The van der Waals surface area contributed by atoms with E-state index in [9.17, 15) is 4.79 Å². The molecule has 140 valence electrons. The van der Waals surface area contributed by atoms with E-state index in [1.807, 2.05) is 27.0 Å². The standard InChI is InChI=1S/C20H33N3O2/c1-7-8-17-15(3)21-10-9-18(17)23-12-14(2)11-16(13-23)22-19(24)25-20(4,5)6/h9-10,14,16H,7-8,11-13H2,1-6H3,(H,22,24). The van der Waals surface area contributed by atoms with E-state index in [1.165, 1.54) is 11.3 Å². The number of carbonyl (C=O) groups is 1. The van der Waals surface area contributed by atoms with Crippen LogP contribution in [0.5, 0.6) is 0 Å². The van der Waals surface area contributed by atoms with Crippen LogP contribution in [0.4, 0.5) is 10.5 Å². The zero-order chi connectivity index (χ0) is 18.6. The fraction of sp³-hybridized carbons (Fsp3) is 0.700. The van der Waals surface area contributed by atoms with Crippen LogP contribution in [-0.2, 0) is 11.2 Å². The number of aromatic nitrogens is 1. The van der Waals surface area contributed by atoms with E-state index >= 15 is 0 Å². The maximum atomic E-state index is 12.1. The summed E-state index contributed by atoms with van der Waals surface area (Å²) in [5.74, 6) is 0.511. The molecule has 5 heteroatoms. The summed E-state index contributed by atoms with van der Waals surface area (Å²) in [6.45, 7) is 14.0. The molecule has 1 fully saturated rings. The number of hydrogen-bond donors (Lipinski definition) is 1. The molecule has 1 amide bonds. The van der Waals surface area contributed by atoms with E-state index in [0.29, 0.717) is 5.92 Å². The number of nitrogens with one attached hydrogen (secondary N) is 1. The second kappa shape index (κ2) is 8.07. The minimum Gasteiger partial charge on any atom is -0.444 e. The topological polar surface area (TPSA) is 54.5 Å². The summed E-state index contributed by atoms with van der Waals surface area (Å²) >= 11 is 0. The first-order valence-corrected chi connectivity index (χ1v) is 9.38. The van der Waals surface area contributed by atoms with Gasteiger partial charge >= 0.3 is 6.09 Å². The van der Waals surface area contributed by atoms with Gasteiger partial charge in [-0.05, 0) is 58.1 Å². The summed E-state index contributed by atoms with van der Waals surface area (Å²) in [6.07, 6.45) is 4.67. The first kappa shape index (κ1) is 19.5. The highest BCUT2D eigenvalue weighted by atomic mass is 16.6. The maximum Gasteiger partial charge on any atom is 0.407 e. The van der Waals surface area contributed by atoms with Crippen molar-refractivity contribution in [1.29, 1.82) is 0 Å². The van der Waals surface area contributed by atoms with Crippen molar-refractivity contribution >= 4 is 11.8 Å². The summed E-state index contributed by atoms with van der Waals surface area (Å²) in [5.41, 5.74) is 3.22. The van der Waals surface area contributed by atoms with E-state index in [2.05, 4.69) is 42.0 Å². The molecule has 0 spiro atoms. The number of hydrogen-bond acceptors (Lipinski definition) is 4. The van der Waals surface area contributed by atoms with Crippen LogP contribution in [-0.4, -0.2) is 35.8 Å². The molecule has 0 aliphatic carbocycles. The van der Waals surface area contributed by atoms with Gasteiger partial charge in [0.25, 0.3) is 0 Å². The third kappa shape index (κ3) is 5.62. The molecule has 25 heavy (non-hydrogen) atoms. The Kier molecular flexibility index (Phi) is 6.31. The Hall–Kier alpha value is -1.78. The molecule has 2 rings (SSSR count). The number of carbonyl (C=O) groups excluding carboxylic acids is 1. The molecular weight excluding hydrogens is 314 g/mol. The predicted molar refractivity (Wildman–Crippen MR) is 102 cm³/mol. The van der Waals surface area contributed by atoms with Gasteiger partial charge in [-0.1, -0.05) is 20.3 Å². The van der Waals surface area contributed by atoms with Crippen molar-refractivity contribution in [3.63, 3.8) is 0 Å². The minimum absolute atomic E-state index is 0.0987. The van der Waals surface area contributed by atoms with E-state index in [-0.39, 0.29) is 12.1 Å². The minimum atomic E-state index is -0.472. The lowest BCUT2D eigenvalue weighted by Crippen LogP contribution is -2.51. The Bertz CT molecular complexity index is 595. The van der Waals surface area contributed by atoms with Crippen LogP contribution in [0.1, 0.15) is 58.7 Å². The number of pyridine rings is 1. The largest absolute Gasteiger partial charge is 0.444 e. The van der Waals surface area contributed by atoms with Gasteiger partial charge in [-0.25, -0.2) is 4.79 Å². The van der Waals surface area contributed by atoms with Gasteiger partial charge in [0.15, 0.2) is 0 Å². The molecule has 2 unspecified atom stereocenters. The molecule has 0 aromatic carbocycles. The first-order valence-electron chi connectivity index (χ1n) is 9.38. The van der Waals surface area contributed by atoms with Gasteiger partial charge in [0.05, 0.1) is 0 Å². The number of amides is 1. The van der Waals surface area contributed by atoms with Crippen LogP contribution in [0.25, 0.3) is 0 Å². The third-order valence-electron chi connectivity index (χ3n) is 4.47. The maximum absolute atomic E-state index is 12.1. The Morgan fingerprint density at radius 3 is 2.76 bits per heavy atom. The van der Waals surface area contributed by atoms with Crippen LogP contribution >= 0.6 is 0 Å². The SMILES string of the molecule is CCCc1c(N2CC(C)CC(NC(=O)OC(C)(C)C)C2)ccnc1C. The number of ether oxygens (including phenoxy) is 1. The molecular formula is C20H33N3O2. The monoisotopic (exact) mass is 347 g/mol. The van der Waals surface area contributed by atoms with Crippen molar-refractivity contribution in [3.05, 3.63) is 23.5 Å². The molecule has 1 aromatic heterocycles. The third-order valence-corrected chi connectivity index (χ3v) is 4.47. The molecule has 1 N–H and O–H groups in total. The molecule has 2 atom stereocenters. The number of piperidine rings is 1. The Morgan fingerprint density at radius 2 is 2.12 bits per heavy atom. The lowest BCUT2D eigenvalue weighted by Gasteiger charge is -2.39. The molecule has 0 bridgehead atoms. The van der Waals surface area contributed by atoms with Crippen LogP contribution in [0.2, 0.25) is 0 Å². The van der Waals surface area contributed by atoms with Gasteiger partial charge < -0.3 is 15.0 Å². The quantitative estimate of drug-likeness (QED) is 0.891.